The van der Waals surface area contributed by atoms with Gasteiger partial charge in [0.2, 0.25) is 5.91 Å². The molecule has 0 bridgehead atoms. The monoisotopic (exact) mass is 457 g/mol. The average molecular weight is 457 g/mol. The number of hydrogen-bond acceptors (Lipinski definition) is 6. The molecule has 0 aromatic heterocycles. The van der Waals surface area contributed by atoms with Gasteiger partial charge in [-0.2, -0.15) is 0 Å². The van der Waals surface area contributed by atoms with E-state index in [1.807, 2.05) is 0 Å². The van der Waals surface area contributed by atoms with Gasteiger partial charge < -0.3 is 19.9 Å². The summed E-state index contributed by atoms with van der Waals surface area (Å²) in [4.78, 5) is 16.8. The summed E-state index contributed by atoms with van der Waals surface area (Å²) in [5, 5.41) is 2.99. The first kappa shape index (κ1) is 22.7. The third-order valence-corrected chi connectivity index (χ3v) is 5.58. The molecule has 11 heteroatoms. The first-order valence-electron chi connectivity index (χ1n) is 9.53. The number of nitrogens with one attached hydrogen (secondary N) is 1. The Kier molecular flexibility index (Phi) is 6.94. The molecular weight excluding hydrogens is 435 g/mol. The van der Waals surface area contributed by atoms with Crippen molar-refractivity contribution < 1.29 is 31.1 Å². The van der Waals surface area contributed by atoms with Crippen LogP contribution in [0.2, 0.25) is 0 Å². The SMILES string of the molecule is CC(Nc1ccc(OC(F)(F)F)cc1)C(=O)N1CCN(c2ccc([SH](=O)=O)cc2)CC1. The first-order chi connectivity index (χ1) is 14.6. The van der Waals surface area contributed by atoms with Crippen LogP contribution in [0.1, 0.15) is 6.92 Å². The molecular formula is C20H22F3N3O4S. The number of carbonyl (C=O) groups is 1. The van der Waals surface area contributed by atoms with Gasteiger partial charge in [-0.1, -0.05) is 0 Å². The van der Waals surface area contributed by atoms with Crippen LogP contribution in [-0.4, -0.2) is 57.8 Å². The lowest BCUT2D eigenvalue weighted by Gasteiger charge is -2.37. The number of ether oxygens (including phenoxy) is 1. The number of thiol groups is 1. The fraction of sp³-hybridized carbons (Fsp3) is 0.350. The van der Waals surface area contributed by atoms with Gasteiger partial charge in [0, 0.05) is 37.6 Å². The van der Waals surface area contributed by atoms with E-state index in [-0.39, 0.29) is 16.6 Å². The summed E-state index contributed by atoms with van der Waals surface area (Å²) in [6.07, 6.45) is -4.75. The van der Waals surface area contributed by atoms with Gasteiger partial charge in [-0.05, 0) is 55.5 Å². The number of nitrogens with zero attached hydrogens (tertiary/aromatic N) is 2. The number of piperazine rings is 1. The highest BCUT2D eigenvalue weighted by Crippen LogP contribution is 2.24. The Hall–Kier alpha value is -2.95. The summed E-state index contributed by atoms with van der Waals surface area (Å²) in [7, 11) is -2.61. The number of rotatable bonds is 6. The smallest absolute Gasteiger partial charge is 0.406 e. The molecule has 1 aliphatic rings. The molecule has 1 heterocycles. The fourth-order valence-corrected chi connectivity index (χ4v) is 3.70. The van der Waals surface area contributed by atoms with E-state index in [0.717, 1.165) is 5.69 Å². The van der Waals surface area contributed by atoms with Crippen molar-refractivity contribution in [1.82, 2.24) is 4.90 Å². The first-order valence-corrected chi connectivity index (χ1v) is 10.7. The quantitative estimate of drug-likeness (QED) is 0.650. The number of anilines is 2. The van der Waals surface area contributed by atoms with Crippen molar-refractivity contribution in [3.63, 3.8) is 0 Å². The maximum absolute atomic E-state index is 12.7. The average Bonchev–Trinajstić information content (AvgIpc) is 2.74. The Morgan fingerprint density at radius 3 is 2.10 bits per heavy atom. The van der Waals surface area contributed by atoms with Crippen LogP contribution in [0.5, 0.6) is 5.75 Å². The van der Waals surface area contributed by atoms with E-state index in [9.17, 15) is 26.4 Å². The van der Waals surface area contributed by atoms with Crippen LogP contribution in [-0.2, 0) is 15.5 Å². The molecule has 0 radical (unpaired) electrons. The molecule has 7 nitrogen and oxygen atoms in total. The predicted molar refractivity (Wildman–Crippen MR) is 110 cm³/mol. The Morgan fingerprint density at radius 1 is 1.00 bits per heavy atom. The molecule has 2 aromatic rings. The molecule has 0 aliphatic carbocycles. The van der Waals surface area contributed by atoms with Gasteiger partial charge in [-0.15, -0.1) is 13.2 Å². The zero-order chi connectivity index (χ0) is 22.6. The van der Waals surface area contributed by atoms with Gasteiger partial charge in [0.1, 0.15) is 11.8 Å². The minimum Gasteiger partial charge on any atom is -0.406 e. The standard InChI is InChI=1S/C20H22F3N3O4S/c1-14(24-15-2-6-17(7-3-15)30-20(21,22)23)19(27)26-12-10-25(11-13-26)16-4-8-18(9-5-16)31(28)29/h2-9,14,24,31H,10-13H2,1H3. The normalized spacial score (nSPS) is 15.6. The Balaban J connectivity index is 1.51. The minimum absolute atomic E-state index is 0.117. The second-order valence-corrected chi connectivity index (χ2v) is 8.05. The molecule has 0 spiro atoms. The van der Waals surface area contributed by atoms with Crippen LogP contribution in [0.3, 0.4) is 0 Å². The minimum atomic E-state index is -4.75. The van der Waals surface area contributed by atoms with Crippen molar-refractivity contribution in [2.45, 2.75) is 24.2 Å². The van der Waals surface area contributed by atoms with Crippen LogP contribution < -0.4 is 15.0 Å². The summed E-state index contributed by atoms with van der Waals surface area (Å²) in [6.45, 7) is 3.90. The van der Waals surface area contributed by atoms with Crippen molar-refractivity contribution in [2.75, 3.05) is 36.4 Å². The van der Waals surface area contributed by atoms with Crippen molar-refractivity contribution in [2.24, 2.45) is 0 Å². The number of hydrogen-bond donors (Lipinski definition) is 2. The van der Waals surface area contributed by atoms with E-state index >= 15 is 0 Å². The number of alkyl halides is 3. The van der Waals surface area contributed by atoms with Gasteiger partial charge in [0.05, 0.1) is 4.90 Å². The predicted octanol–water partition coefficient (Wildman–Crippen LogP) is 2.70. The molecule has 1 fully saturated rings. The summed E-state index contributed by atoms with van der Waals surface area (Å²) >= 11 is 0. The van der Waals surface area contributed by atoms with Crippen molar-refractivity contribution >= 4 is 28.0 Å². The molecule has 1 unspecified atom stereocenters. The molecule has 0 saturated carbocycles. The van der Waals surface area contributed by atoms with E-state index in [0.29, 0.717) is 31.9 Å². The van der Waals surface area contributed by atoms with E-state index in [1.54, 1.807) is 36.1 Å². The number of benzene rings is 2. The van der Waals surface area contributed by atoms with Crippen LogP contribution in [0.15, 0.2) is 53.4 Å². The van der Waals surface area contributed by atoms with Gasteiger partial charge in [-0.3, -0.25) is 4.79 Å². The molecule has 1 amide bonds. The van der Waals surface area contributed by atoms with E-state index in [1.165, 1.54) is 24.3 Å². The van der Waals surface area contributed by atoms with Crippen LogP contribution >= 0.6 is 0 Å². The molecule has 168 valence electrons. The summed E-state index contributed by atoms with van der Waals surface area (Å²) in [6, 6.07) is 11.2. The van der Waals surface area contributed by atoms with E-state index in [4.69, 9.17) is 0 Å². The molecule has 1 atom stereocenters. The van der Waals surface area contributed by atoms with Gasteiger partial charge in [0.25, 0.3) is 0 Å². The molecule has 1 aliphatic heterocycles. The molecule has 1 N–H and O–H groups in total. The van der Waals surface area contributed by atoms with Crippen molar-refractivity contribution in [1.29, 1.82) is 0 Å². The third kappa shape index (κ3) is 6.27. The highest BCUT2D eigenvalue weighted by atomic mass is 32.2. The molecule has 3 rings (SSSR count). The molecule has 31 heavy (non-hydrogen) atoms. The summed E-state index contributed by atoms with van der Waals surface area (Å²) in [5.41, 5.74) is 1.39. The van der Waals surface area contributed by atoms with E-state index < -0.39 is 23.1 Å². The largest absolute Gasteiger partial charge is 0.573 e. The Bertz CT molecular complexity index is 963. The van der Waals surface area contributed by atoms with E-state index in [2.05, 4.69) is 15.0 Å². The number of halogens is 3. The van der Waals surface area contributed by atoms with Crippen molar-refractivity contribution in [3.8, 4) is 5.75 Å². The lowest BCUT2D eigenvalue weighted by atomic mass is 10.2. The maximum atomic E-state index is 12.7. The lowest BCUT2D eigenvalue weighted by molar-refractivity contribution is -0.274. The van der Waals surface area contributed by atoms with Gasteiger partial charge >= 0.3 is 6.36 Å². The Morgan fingerprint density at radius 2 is 1.58 bits per heavy atom. The summed E-state index contributed by atoms with van der Waals surface area (Å²) < 4.78 is 62.5. The van der Waals surface area contributed by atoms with Gasteiger partial charge in [0.15, 0.2) is 10.7 Å². The van der Waals surface area contributed by atoms with Crippen molar-refractivity contribution in [3.05, 3.63) is 48.5 Å². The highest BCUT2D eigenvalue weighted by molar-refractivity contribution is 7.72. The fourth-order valence-electron chi connectivity index (χ4n) is 3.31. The zero-order valence-corrected chi connectivity index (χ0v) is 17.5. The third-order valence-electron chi connectivity index (χ3n) is 4.86. The molecule has 2 aromatic carbocycles. The summed E-state index contributed by atoms with van der Waals surface area (Å²) in [5.74, 6) is -0.447. The maximum Gasteiger partial charge on any atom is 0.573 e. The van der Waals surface area contributed by atoms with Crippen LogP contribution in [0, 0.1) is 0 Å². The second-order valence-electron chi connectivity index (χ2n) is 7.02. The second kappa shape index (κ2) is 9.46. The number of carbonyl (C=O) groups excluding carboxylic acids is 1. The molecule has 1 saturated heterocycles. The number of amides is 1. The Labute approximate surface area is 179 Å². The lowest BCUT2D eigenvalue weighted by Crippen LogP contribution is -2.52. The van der Waals surface area contributed by atoms with Crippen LogP contribution in [0.25, 0.3) is 0 Å². The van der Waals surface area contributed by atoms with Crippen LogP contribution in [0.4, 0.5) is 24.5 Å². The topological polar surface area (TPSA) is 79.0 Å². The highest BCUT2D eigenvalue weighted by Gasteiger charge is 2.31. The van der Waals surface area contributed by atoms with Gasteiger partial charge in [-0.25, -0.2) is 8.42 Å². The zero-order valence-electron chi connectivity index (χ0n) is 16.6.